The Labute approximate surface area is 79.0 Å². The van der Waals surface area contributed by atoms with E-state index in [0.29, 0.717) is 0 Å². The second-order valence-electron chi connectivity index (χ2n) is 3.26. The maximum Gasteiger partial charge on any atom is 0.130 e. The van der Waals surface area contributed by atoms with Crippen LogP contribution in [0.15, 0.2) is 31.4 Å². The molecule has 1 nitrogen and oxygen atoms in total. The lowest BCUT2D eigenvalue weighted by atomic mass is 10.0. The van der Waals surface area contributed by atoms with Crippen molar-refractivity contribution in [3.05, 3.63) is 42.5 Å². The third-order valence-electron chi connectivity index (χ3n) is 1.96. The van der Waals surface area contributed by atoms with Crippen molar-refractivity contribution in [1.82, 2.24) is 0 Å². The van der Waals surface area contributed by atoms with E-state index < -0.39 is 0 Å². The standard InChI is InChI=1S/C12H14O/c1-8(2)10-6-5-7-11(9(3)4)12(10)13/h5-7,13H,1,3H2,2,4H3. The highest BCUT2D eigenvalue weighted by Crippen LogP contribution is 2.31. The molecule has 1 rings (SSSR count). The van der Waals surface area contributed by atoms with Crippen LogP contribution in [0.1, 0.15) is 25.0 Å². The van der Waals surface area contributed by atoms with Gasteiger partial charge in [0.15, 0.2) is 0 Å². The first-order chi connectivity index (χ1) is 6.04. The number of allylic oxidation sites excluding steroid dienone is 2. The number of hydrogen-bond acceptors (Lipinski definition) is 1. The lowest BCUT2D eigenvalue weighted by Crippen LogP contribution is -1.85. The smallest absolute Gasteiger partial charge is 0.130 e. The minimum atomic E-state index is 0.280. The maximum atomic E-state index is 9.81. The molecule has 0 saturated carbocycles. The Balaban J connectivity index is 3.35. The first-order valence-corrected chi connectivity index (χ1v) is 4.17. The van der Waals surface area contributed by atoms with Crippen LogP contribution in [0.2, 0.25) is 0 Å². The van der Waals surface area contributed by atoms with Gasteiger partial charge in [0, 0.05) is 11.1 Å². The molecule has 0 aromatic heterocycles. The van der Waals surface area contributed by atoms with E-state index in [1.807, 2.05) is 32.0 Å². The zero-order valence-electron chi connectivity index (χ0n) is 8.09. The largest absolute Gasteiger partial charge is 0.507 e. The van der Waals surface area contributed by atoms with Gasteiger partial charge in [-0.15, -0.1) is 0 Å². The summed E-state index contributed by atoms with van der Waals surface area (Å²) in [5, 5.41) is 9.81. The molecule has 0 bridgehead atoms. The van der Waals surface area contributed by atoms with Crippen molar-refractivity contribution in [2.75, 3.05) is 0 Å². The van der Waals surface area contributed by atoms with Crippen LogP contribution in [-0.2, 0) is 0 Å². The predicted octanol–water partition coefficient (Wildman–Crippen LogP) is 3.46. The average Bonchev–Trinajstić information content (AvgIpc) is 2.03. The van der Waals surface area contributed by atoms with Gasteiger partial charge in [0.25, 0.3) is 0 Å². The van der Waals surface area contributed by atoms with E-state index in [2.05, 4.69) is 13.2 Å². The van der Waals surface area contributed by atoms with E-state index in [1.165, 1.54) is 0 Å². The summed E-state index contributed by atoms with van der Waals surface area (Å²) in [7, 11) is 0. The van der Waals surface area contributed by atoms with Crippen LogP contribution in [0.25, 0.3) is 11.1 Å². The molecule has 0 atom stereocenters. The molecule has 13 heavy (non-hydrogen) atoms. The quantitative estimate of drug-likeness (QED) is 0.728. The van der Waals surface area contributed by atoms with Crippen LogP contribution in [0.5, 0.6) is 5.75 Å². The molecule has 1 aromatic rings. The van der Waals surface area contributed by atoms with Crippen LogP contribution in [0.4, 0.5) is 0 Å². The summed E-state index contributed by atoms with van der Waals surface area (Å²) < 4.78 is 0. The predicted molar refractivity (Wildman–Crippen MR) is 57.5 cm³/mol. The molecular formula is C12H14O. The van der Waals surface area contributed by atoms with Crippen molar-refractivity contribution >= 4 is 11.1 Å². The lowest BCUT2D eigenvalue weighted by molar-refractivity contribution is 0.472. The third-order valence-corrected chi connectivity index (χ3v) is 1.96. The third kappa shape index (κ3) is 1.81. The zero-order valence-corrected chi connectivity index (χ0v) is 8.09. The van der Waals surface area contributed by atoms with Gasteiger partial charge in [-0.05, 0) is 25.0 Å². The van der Waals surface area contributed by atoms with E-state index in [4.69, 9.17) is 0 Å². The maximum absolute atomic E-state index is 9.81. The second kappa shape index (κ2) is 3.48. The monoisotopic (exact) mass is 174 g/mol. The number of para-hydroxylation sites is 1. The van der Waals surface area contributed by atoms with E-state index >= 15 is 0 Å². The van der Waals surface area contributed by atoms with Crippen LogP contribution in [0, 0.1) is 0 Å². The van der Waals surface area contributed by atoms with Gasteiger partial charge >= 0.3 is 0 Å². The van der Waals surface area contributed by atoms with Gasteiger partial charge in [0.05, 0.1) is 0 Å². The fraction of sp³-hybridized carbons (Fsp3) is 0.167. The van der Waals surface area contributed by atoms with E-state index in [-0.39, 0.29) is 5.75 Å². The van der Waals surface area contributed by atoms with Crippen molar-refractivity contribution in [1.29, 1.82) is 0 Å². The normalized spacial score (nSPS) is 9.69. The summed E-state index contributed by atoms with van der Waals surface area (Å²) in [4.78, 5) is 0. The molecular weight excluding hydrogens is 160 g/mol. The molecule has 0 amide bonds. The van der Waals surface area contributed by atoms with Gasteiger partial charge in [0.2, 0.25) is 0 Å². The number of phenols is 1. The Morgan fingerprint density at radius 1 is 1.08 bits per heavy atom. The Hall–Kier alpha value is -1.50. The highest BCUT2D eigenvalue weighted by Gasteiger charge is 2.06. The van der Waals surface area contributed by atoms with E-state index in [1.54, 1.807) is 0 Å². The number of rotatable bonds is 2. The zero-order chi connectivity index (χ0) is 10.0. The van der Waals surface area contributed by atoms with Crippen LogP contribution < -0.4 is 0 Å². The van der Waals surface area contributed by atoms with Crippen molar-refractivity contribution in [3.8, 4) is 5.75 Å². The minimum Gasteiger partial charge on any atom is -0.507 e. The highest BCUT2D eigenvalue weighted by atomic mass is 16.3. The summed E-state index contributed by atoms with van der Waals surface area (Å²) in [5.41, 5.74) is 3.31. The Morgan fingerprint density at radius 3 is 1.77 bits per heavy atom. The Morgan fingerprint density at radius 2 is 1.46 bits per heavy atom. The Kier molecular flexibility index (Phi) is 2.57. The van der Waals surface area contributed by atoms with Gasteiger partial charge in [-0.3, -0.25) is 0 Å². The number of hydrogen-bond donors (Lipinski definition) is 1. The van der Waals surface area contributed by atoms with Crippen LogP contribution >= 0.6 is 0 Å². The van der Waals surface area contributed by atoms with Crippen LogP contribution in [0.3, 0.4) is 0 Å². The molecule has 0 fully saturated rings. The summed E-state index contributed by atoms with van der Waals surface area (Å²) in [6.45, 7) is 11.3. The molecule has 68 valence electrons. The molecule has 0 radical (unpaired) electrons. The minimum absolute atomic E-state index is 0.280. The average molecular weight is 174 g/mol. The van der Waals surface area contributed by atoms with Gasteiger partial charge in [-0.25, -0.2) is 0 Å². The first kappa shape index (κ1) is 9.59. The topological polar surface area (TPSA) is 20.2 Å². The molecule has 0 spiro atoms. The molecule has 0 aliphatic rings. The number of phenolic OH excluding ortho intramolecular Hbond substituents is 1. The fourth-order valence-electron chi connectivity index (χ4n) is 1.23. The van der Waals surface area contributed by atoms with Crippen molar-refractivity contribution < 1.29 is 5.11 Å². The summed E-state index contributed by atoms with van der Waals surface area (Å²) >= 11 is 0. The number of aromatic hydroxyl groups is 1. The summed E-state index contributed by atoms with van der Waals surface area (Å²) in [6.07, 6.45) is 0. The van der Waals surface area contributed by atoms with Crippen molar-refractivity contribution in [2.24, 2.45) is 0 Å². The van der Waals surface area contributed by atoms with Gasteiger partial charge in [0.1, 0.15) is 5.75 Å². The lowest BCUT2D eigenvalue weighted by Gasteiger charge is -2.08. The van der Waals surface area contributed by atoms with Gasteiger partial charge in [-0.2, -0.15) is 0 Å². The van der Waals surface area contributed by atoms with Crippen molar-refractivity contribution in [3.63, 3.8) is 0 Å². The van der Waals surface area contributed by atoms with Crippen LogP contribution in [-0.4, -0.2) is 5.11 Å². The van der Waals surface area contributed by atoms with Gasteiger partial charge < -0.3 is 5.11 Å². The molecule has 0 heterocycles. The van der Waals surface area contributed by atoms with E-state index in [9.17, 15) is 5.11 Å². The Bertz CT molecular complexity index is 329. The second-order valence-corrected chi connectivity index (χ2v) is 3.26. The molecule has 0 saturated heterocycles. The van der Waals surface area contributed by atoms with Crippen molar-refractivity contribution in [2.45, 2.75) is 13.8 Å². The highest BCUT2D eigenvalue weighted by molar-refractivity contribution is 5.76. The van der Waals surface area contributed by atoms with E-state index in [0.717, 1.165) is 22.3 Å². The summed E-state index contributed by atoms with van der Waals surface area (Å²) in [5.74, 6) is 0.280. The molecule has 1 heteroatoms. The first-order valence-electron chi connectivity index (χ1n) is 4.17. The molecule has 0 aliphatic heterocycles. The molecule has 1 N–H and O–H groups in total. The molecule has 1 aromatic carbocycles. The van der Waals surface area contributed by atoms with Gasteiger partial charge in [-0.1, -0.05) is 31.4 Å². The molecule has 0 aliphatic carbocycles. The molecule has 0 unspecified atom stereocenters. The fourth-order valence-corrected chi connectivity index (χ4v) is 1.23. The number of benzene rings is 1. The SMILES string of the molecule is C=C(C)c1cccc(C(=C)C)c1O. The summed E-state index contributed by atoms with van der Waals surface area (Å²) in [6, 6.07) is 5.60.